The average Bonchev–Trinajstić information content (AvgIpc) is 2.30. The predicted molar refractivity (Wildman–Crippen MR) is 65.9 cm³/mol. The number of ether oxygens (including phenoxy) is 2. The Morgan fingerprint density at radius 1 is 1.44 bits per heavy atom. The van der Waals surface area contributed by atoms with Crippen molar-refractivity contribution in [2.24, 2.45) is 0 Å². The molecule has 0 N–H and O–H groups in total. The van der Waals surface area contributed by atoms with E-state index in [0.29, 0.717) is 26.4 Å². The van der Waals surface area contributed by atoms with E-state index in [1.54, 1.807) is 12.1 Å². The van der Waals surface area contributed by atoms with Crippen molar-refractivity contribution in [3.63, 3.8) is 0 Å². The fraction of sp³-hybridized carbons (Fsp3) is 0.300. The fourth-order valence-electron chi connectivity index (χ4n) is 1.20. The molecule has 0 radical (unpaired) electrons. The molecule has 16 heavy (non-hydrogen) atoms. The van der Waals surface area contributed by atoms with E-state index in [2.05, 4.69) is 4.74 Å². The van der Waals surface area contributed by atoms with Gasteiger partial charge >= 0.3 is 5.97 Å². The highest BCUT2D eigenvalue weighted by Gasteiger charge is 2.19. The van der Waals surface area contributed by atoms with E-state index in [0.717, 1.165) is 0 Å². The van der Waals surface area contributed by atoms with Crippen LogP contribution in [0, 0.1) is 0 Å². The van der Waals surface area contributed by atoms with Crippen LogP contribution in [0.2, 0.25) is 5.02 Å². The Balaban J connectivity index is 3.30. The number of carbonyl (C=O) groups excluding carboxylic acids is 1. The molecule has 1 rings (SSSR count). The summed E-state index contributed by atoms with van der Waals surface area (Å²) in [4.78, 5) is 12.1. The summed E-state index contributed by atoms with van der Waals surface area (Å²) < 4.78 is 9.82. The number of rotatable bonds is 4. The monoisotopic (exact) mass is 280 g/mol. The van der Waals surface area contributed by atoms with Gasteiger partial charge in [-0.05, 0) is 12.1 Å². The summed E-state index contributed by atoms with van der Waals surface area (Å²) >= 11 is 12.9. The summed E-state index contributed by atoms with van der Waals surface area (Å²) in [6, 6.07) is 3.18. The molecule has 1 aromatic carbocycles. The van der Waals surface area contributed by atoms with E-state index in [1.807, 2.05) is 0 Å². The maximum absolute atomic E-state index is 11.5. The van der Waals surface area contributed by atoms with Crippen LogP contribution in [0.1, 0.15) is 10.4 Å². The highest BCUT2D eigenvalue weighted by molar-refractivity contribution is 8.00. The first-order chi connectivity index (χ1) is 7.65. The van der Waals surface area contributed by atoms with Crippen LogP contribution in [0.4, 0.5) is 0 Å². The first-order valence-corrected chi connectivity index (χ1v) is 6.19. The third-order valence-electron chi connectivity index (χ3n) is 1.87. The molecule has 1 aromatic rings. The zero-order chi connectivity index (χ0) is 12.1. The lowest BCUT2D eigenvalue weighted by Gasteiger charge is -2.12. The van der Waals surface area contributed by atoms with Crippen LogP contribution >= 0.6 is 35.0 Å². The lowest BCUT2D eigenvalue weighted by atomic mass is 10.2. The number of hydrogen-bond acceptors (Lipinski definition) is 4. The highest BCUT2D eigenvalue weighted by atomic mass is 35.5. The molecule has 0 aliphatic rings. The lowest BCUT2D eigenvalue weighted by molar-refractivity contribution is 0.0596. The average molecular weight is 281 g/mol. The van der Waals surface area contributed by atoms with E-state index in [9.17, 15) is 4.79 Å². The highest BCUT2D eigenvalue weighted by Crippen LogP contribution is 2.39. The van der Waals surface area contributed by atoms with E-state index in [4.69, 9.17) is 27.9 Å². The number of benzene rings is 1. The van der Waals surface area contributed by atoms with E-state index in [-0.39, 0.29) is 0 Å². The summed E-state index contributed by atoms with van der Waals surface area (Å²) in [5.41, 5.74) is 0.335. The van der Waals surface area contributed by atoms with Gasteiger partial charge in [-0.1, -0.05) is 11.6 Å². The maximum atomic E-state index is 11.5. The van der Waals surface area contributed by atoms with Crippen LogP contribution in [0.15, 0.2) is 17.0 Å². The minimum Gasteiger partial charge on any atom is -0.495 e. The summed E-state index contributed by atoms with van der Waals surface area (Å²) in [7, 11) is 2.78. The normalized spacial score (nSPS) is 10.0. The maximum Gasteiger partial charge on any atom is 0.341 e. The van der Waals surface area contributed by atoms with Crippen LogP contribution in [-0.4, -0.2) is 25.4 Å². The van der Waals surface area contributed by atoms with Crippen LogP contribution in [0.5, 0.6) is 5.75 Å². The molecule has 0 aromatic heterocycles. The van der Waals surface area contributed by atoms with E-state index < -0.39 is 5.97 Å². The van der Waals surface area contributed by atoms with Crippen LogP contribution in [0.3, 0.4) is 0 Å². The number of carbonyl (C=O) groups is 1. The van der Waals surface area contributed by atoms with Crippen molar-refractivity contribution in [2.75, 3.05) is 19.4 Å². The molecule has 0 aliphatic heterocycles. The number of thioether (sulfide) groups is 1. The Labute approximate surface area is 108 Å². The van der Waals surface area contributed by atoms with Crippen molar-refractivity contribution < 1.29 is 14.3 Å². The molecule has 88 valence electrons. The standard InChI is InChI=1S/C10H10Cl2O3S/c1-14-8-6(10(13)15-2)3-4-7(12)9(8)16-5-11/h3-4H,5H2,1-2H3. The molecule has 0 heterocycles. The molecule has 0 bridgehead atoms. The molecule has 0 amide bonds. The Bertz CT molecular complexity index is 396. The molecule has 0 spiro atoms. The summed E-state index contributed by atoms with van der Waals surface area (Å²) in [6.07, 6.45) is 0. The van der Waals surface area contributed by atoms with Gasteiger partial charge in [0.05, 0.1) is 29.3 Å². The molecular formula is C10H10Cl2O3S. The van der Waals surface area contributed by atoms with Gasteiger partial charge in [0.25, 0.3) is 0 Å². The first kappa shape index (κ1) is 13.5. The predicted octanol–water partition coefficient (Wildman–Crippen LogP) is 3.42. The second-order valence-electron chi connectivity index (χ2n) is 2.70. The van der Waals surface area contributed by atoms with Gasteiger partial charge in [0, 0.05) is 0 Å². The Morgan fingerprint density at radius 2 is 2.12 bits per heavy atom. The van der Waals surface area contributed by atoms with Crippen molar-refractivity contribution >= 4 is 40.9 Å². The molecule has 3 nitrogen and oxygen atoms in total. The van der Waals surface area contributed by atoms with E-state index >= 15 is 0 Å². The Kier molecular flexibility index (Phi) is 5.25. The topological polar surface area (TPSA) is 35.5 Å². The number of halogens is 2. The number of methoxy groups -OCH3 is 2. The summed E-state index contributed by atoms with van der Waals surface area (Å²) in [6.45, 7) is 0. The van der Waals surface area contributed by atoms with Crippen LogP contribution in [-0.2, 0) is 4.74 Å². The number of alkyl halides is 1. The van der Waals surface area contributed by atoms with Gasteiger partial charge in [-0.2, -0.15) is 0 Å². The molecular weight excluding hydrogens is 271 g/mol. The first-order valence-electron chi connectivity index (χ1n) is 4.29. The largest absolute Gasteiger partial charge is 0.495 e. The minimum absolute atomic E-state index is 0.320. The third kappa shape index (κ3) is 2.75. The quantitative estimate of drug-likeness (QED) is 0.481. The fourth-order valence-corrected chi connectivity index (χ4v) is 2.48. The molecule has 0 aliphatic carbocycles. The summed E-state index contributed by atoms with van der Waals surface area (Å²) in [5.74, 6) is -0.0741. The molecule has 0 saturated heterocycles. The SMILES string of the molecule is COC(=O)c1ccc(Cl)c(SCCl)c1OC. The van der Waals surface area contributed by atoms with Gasteiger partial charge in [0.15, 0.2) is 0 Å². The molecule has 0 unspecified atom stereocenters. The lowest BCUT2D eigenvalue weighted by Crippen LogP contribution is -2.05. The van der Waals surface area contributed by atoms with Gasteiger partial charge in [0.1, 0.15) is 11.3 Å². The second kappa shape index (κ2) is 6.23. The molecule has 0 saturated carbocycles. The van der Waals surface area contributed by atoms with Crippen molar-refractivity contribution in [1.82, 2.24) is 0 Å². The van der Waals surface area contributed by atoms with Crippen molar-refractivity contribution in [3.8, 4) is 5.75 Å². The zero-order valence-electron chi connectivity index (χ0n) is 8.75. The number of esters is 1. The second-order valence-corrected chi connectivity index (χ2v) is 4.68. The third-order valence-corrected chi connectivity index (χ3v) is 3.43. The molecule has 0 atom stereocenters. The van der Waals surface area contributed by atoms with Crippen molar-refractivity contribution in [3.05, 3.63) is 22.7 Å². The van der Waals surface area contributed by atoms with Gasteiger partial charge in [0.2, 0.25) is 0 Å². The van der Waals surface area contributed by atoms with Crippen LogP contribution < -0.4 is 4.74 Å². The van der Waals surface area contributed by atoms with Gasteiger partial charge in [-0.3, -0.25) is 0 Å². The van der Waals surface area contributed by atoms with Crippen LogP contribution in [0.25, 0.3) is 0 Å². The Hall–Kier alpha value is -0.580. The number of hydrogen-bond donors (Lipinski definition) is 0. The molecule has 0 fully saturated rings. The van der Waals surface area contributed by atoms with Gasteiger partial charge in [-0.25, -0.2) is 4.79 Å². The zero-order valence-corrected chi connectivity index (χ0v) is 11.1. The van der Waals surface area contributed by atoms with E-state index in [1.165, 1.54) is 26.0 Å². The molecule has 6 heteroatoms. The summed E-state index contributed by atoms with van der Waals surface area (Å²) in [5, 5.41) is 0.816. The van der Waals surface area contributed by atoms with Crippen molar-refractivity contribution in [2.45, 2.75) is 4.90 Å². The van der Waals surface area contributed by atoms with Gasteiger partial charge < -0.3 is 9.47 Å². The smallest absolute Gasteiger partial charge is 0.341 e. The Morgan fingerprint density at radius 3 is 2.62 bits per heavy atom. The van der Waals surface area contributed by atoms with Gasteiger partial charge in [-0.15, -0.1) is 23.4 Å². The van der Waals surface area contributed by atoms with Crippen molar-refractivity contribution in [1.29, 1.82) is 0 Å². The minimum atomic E-state index is -0.468.